The van der Waals surface area contributed by atoms with E-state index in [0.29, 0.717) is 11.3 Å². The van der Waals surface area contributed by atoms with Crippen LogP contribution in [0.15, 0.2) is 42.5 Å². The minimum absolute atomic E-state index is 0.0653. The summed E-state index contributed by atoms with van der Waals surface area (Å²) in [6.07, 6.45) is 0. The first-order chi connectivity index (χ1) is 11.2. The van der Waals surface area contributed by atoms with Crippen molar-refractivity contribution >= 4 is 16.5 Å². The Morgan fingerprint density at radius 1 is 1.21 bits per heavy atom. The summed E-state index contributed by atoms with van der Waals surface area (Å²) < 4.78 is 25.8. The lowest BCUT2D eigenvalue weighted by molar-refractivity contribution is 0.631. The van der Waals surface area contributed by atoms with Gasteiger partial charge in [-0.25, -0.2) is 4.39 Å². The molecule has 2 atom stereocenters. The Kier molecular flexibility index (Phi) is 5.40. The molecular weight excluding hydrogens is 323 g/mol. The van der Waals surface area contributed by atoms with E-state index in [0.717, 1.165) is 11.1 Å². The second kappa shape index (κ2) is 7.14. The first-order valence-corrected chi connectivity index (χ1v) is 8.97. The molecule has 0 aliphatic carbocycles. The van der Waals surface area contributed by atoms with Crippen molar-refractivity contribution in [1.82, 2.24) is 0 Å². The van der Waals surface area contributed by atoms with Crippen molar-refractivity contribution in [3.05, 3.63) is 65.0 Å². The summed E-state index contributed by atoms with van der Waals surface area (Å²) in [6, 6.07) is 13.9. The number of nitrogens with two attached hydrogens (primary N) is 1. The average molecular weight is 344 g/mol. The third-order valence-electron chi connectivity index (χ3n) is 3.84. The van der Waals surface area contributed by atoms with Crippen LogP contribution < -0.4 is 5.73 Å². The number of rotatable bonds is 4. The molecule has 0 aromatic heterocycles. The van der Waals surface area contributed by atoms with Gasteiger partial charge in [-0.15, -0.1) is 0 Å². The van der Waals surface area contributed by atoms with Gasteiger partial charge < -0.3 is 5.73 Å². The van der Waals surface area contributed by atoms with Crippen molar-refractivity contribution in [2.45, 2.75) is 31.4 Å². The molecule has 0 radical (unpaired) electrons. The maximum atomic E-state index is 13.5. The minimum Gasteiger partial charge on any atom is -0.396 e. The summed E-state index contributed by atoms with van der Waals surface area (Å²) in [5.41, 5.74) is 7.97. The lowest BCUT2D eigenvalue weighted by atomic mass is 9.91. The standard InChI is InChI=1S/C19H21FN2OS/c1-19(2,3)24(23)12-16(14-6-4-5-13(9-14)11-21)15-7-8-17(20)18(22)10-15/h4-10,16H,12,22H2,1-3H3/t16-,24+/m1/s1. The van der Waals surface area contributed by atoms with Crippen LogP contribution in [-0.4, -0.2) is 14.7 Å². The van der Waals surface area contributed by atoms with E-state index in [9.17, 15) is 8.60 Å². The van der Waals surface area contributed by atoms with E-state index in [1.807, 2.05) is 26.8 Å². The summed E-state index contributed by atoms with van der Waals surface area (Å²) in [4.78, 5) is 0. The maximum Gasteiger partial charge on any atom is 0.146 e. The van der Waals surface area contributed by atoms with Crippen LogP contribution in [0.1, 0.15) is 43.4 Å². The fraction of sp³-hybridized carbons (Fsp3) is 0.316. The lowest BCUT2D eigenvalue weighted by Crippen LogP contribution is -2.27. The molecule has 2 N–H and O–H groups in total. The Labute approximate surface area is 144 Å². The highest BCUT2D eigenvalue weighted by Gasteiger charge is 2.25. The first kappa shape index (κ1) is 18.2. The van der Waals surface area contributed by atoms with Crippen LogP contribution in [0.3, 0.4) is 0 Å². The van der Waals surface area contributed by atoms with Crippen LogP contribution in [-0.2, 0) is 10.8 Å². The Hall–Kier alpha value is -2.19. The van der Waals surface area contributed by atoms with Crippen molar-refractivity contribution in [2.75, 3.05) is 11.5 Å². The molecule has 0 saturated heterocycles. The Morgan fingerprint density at radius 3 is 2.46 bits per heavy atom. The number of nitrogen functional groups attached to an aromatic ring is 1. The molecule has 0 saturated carbocycles. The van der Waals surface area contributed by atoms with Crippen LogP contribution in [0.25, 0.3) is 0 Å². The quantitative estimate of drug-likeness (QED) is 0.854. The number of nitriles is 1. The van der Waals surface area contributed by atoms with Gasteiger partial charge in [0.2, 0.25) is 0 Å². The Bertz CT molecular complexity index is 806. The monoisotopic (exact) mass is 344 g/mol. The first-order valence-electron chi connectivity index (χ1n) is 7.66. The van der Waals surface area contributed by atoms with Crippen molar-refractivity contribution in [1.29, 1.82) is 5.26 Å². The average Bonchev–Trinajstić information content (AvgIpc) is 2.54. The van der Waals surface area contributed by atoms with Crippen molar-refractivity contribution < 1.29 is 8.60 Å². The molecule has 3 nitrogen and oxygen atoms in total. The van der Waals surface area contributed by atoms with Gasteiger partial charge in [0.05, 0.1) is 17.3 Å². The molecule has 5 heteroatoms. The molecule has 0 unspecified atom stereocenters. The van der Waals surface area contributed by atoms with Crippen molar-refractivity contribution in [3.63, 3.8) is 0 Å². The molecule has 2 aromatic carbocycles. The van der Waals surface area contributed by atoms with E-state index in [2.05, 4.69) is 6.07 Å². The number of halogens is 1. The minimum atomic E-state index is -1.11. The van der Waals surface area contributed by atoms with Gasteiger partial charge in [0, 0.05) is 27.2 Å². The maximum absolute atomic E-state index is 13.5. The van der Waals surface area contributed by atoms with Crippen molar-refractivity contribution in [3.8, 4) is 6.07 Å². The number of anilines is 1. The van der Waals surface area contributed by atoms with Crippen LogP contribution >= 0.6 is 0 Å². The zero-order chi connectivity index (χ0) is 17.9. The zero-order valence-electron chi connectivity index (χ0n) is 14.0. The third-order valence-corrected chi connectivity index (χ3v) is 5.84. The van der Waals surface area contributed by atoms with E-state index in [-0.39, 0.29) is 16.4 Å². The Balaban J connectivity index is 2.50. The molecule has 2 aromatic rings. The molecule has 126 valence electrons. The topological polar surface area (TPSA) is 66.9 Å². The van der Waals surface area contributed by atoms with E-state index in [4.69, 9.17) is 11.0 Å². The molecular formula is C19H21FN2OS. The molecule has 0 aliphatic rings. The smallest absolute Gasteiger partial charge is 0.146 e. The lowest BCUT2D eigenvalue weighted by Gasteiger charge is -2.24. The summed E-state index contributed by atoms with van der Waals surface area (Å²) in [6.45, 7) is 5.76. The van der Waals surface area contributed by atoms with Gasteiger partial charge in [-0.05, 0) is 56.2 Å². The highest BCUT2D eigenvalue weighted by Crippen LogP contribution is 2.30. The van der Waals surface area contributed by atoms with Crippen LogP contribution in [0.4, 0.5) is 10.1 Å². The third kappa shape index (κ3) is 4.21. The van der Waals surface area contributed by atoms with Crippen LogP contribution in [0.5, 0.6) is 0 Å². The number of hydrogen-bond acceptors (Lipinski definition) is 3. The van der Waals surface area contributed by atoms with E-state index in [1.165, 1.54) is 6.07 Å². The Morgan fingerprint density at radius 2 is 1.88 bits per heavy atom. The fourth-order valence-corrected chi connectivity index (χ4v) is 3.58. The molecule has 0 bridgehead atoms. The van der Waals surface area contributed by atoms with Gasteiger partial charge in [-0.2, -0.15) is 5.26 Å². The molecule has 0 aliphatic heterocycles. The van der Waals surface area contributed by atoms with Crippen molar-refractivity contribution in [2.24, 2.45) is 0 Å². The van der Waals surface area contributed by atoms with Gasteiger partial charge in [0.1, 0.15) is 5.82 Å². The second-order valence-corrected chi connectivity index (χ2v) is 8.94. The predicted molar refractivity (Wildman–Crippen MR) is 96.6 cm³/mol. The number of nitrogens with zero attached hydrogens (tertiary/aromatic N) is 1. The largest absolute Gasteiger partial charge is 0.396 e. The fourth-order valence-electron chi connectivity index (χ4n) is 2.39. The number of hydrogen-bond donors (Lipinski definition) is 1. The van der Waals surface area contributed by atoms with E-state index >= 15 is 0 Å². The molecule has 0 amide bonds. The summed E-state index contributed by atoms with van der Waals surface area (Å²) in [7, 11) is -1.11. The SMILES string of the molecule is CC(C)(C)[S@@](=O)C[C@H](c1cccc(C#N)c1)c1ccc(F)c(N)c1. The second-order valence-electron chi connectivity index (χ2n) is 6.70. The van der Waals surface area contributed by atoms with E-state index < -0.39 is 16.6 Å². The van der Waals surface area contributed by atoms with Gasteiger partial charge >= 0.3 is 0 Å². The normalized spacial score (nSPS) is 14.0. The van der Waals surface area contributed by atoms with Crippen LogP contribution in [0, 0.1) is 17.1 Å². The van der Waals surface area contributed by atoms with E-state index in [1.54, 1.807) is 30.3 Å². The highest BCUT2D eigenvalue weighted by molar-refractivity contribution is 7.86. The molecule has 24 heavy (non-hydrogen) atoms. The van der Waals surface area contributed by atoms with Crippen LogP contribution in [0.2, 0.25) is 0 Å². The summed E-state index contributed by atoms with van der Waals surface area (Å²) in [5.74, 6) is -0.315. The molecule has 0 spiro atoms. The van der Waals surface area contributed by atoms with Gasteiger partial charge in [0.25, 0.3) is 0 Å². The summed E-state index contributed by atoms with van der Waals surface area (Å²) >= 11 is 0. The summed E-state index contributed by atoms with van der Waals surface area (Å²) in [5, 5.41) is 9.13. The predicted octanol–water partition coefficient (Wildman–Crippen LogP) is 3.96. The molecule has 2 rings (SSSR count). The molecule has 0 heterocycles. The zero-order valence-corrected chi connectivity index (χ0v) is 14.9. The van der Waals surface area contributed by atoms with Gasteiger partial charge in [-0.3, -0.25) is 4.21 Å². The number of benzene rings is 2. The van der Waals surface area contributed by atoms with Gasteiger partial charge in [-0.1, -0.05) is 18.2 Å². The van der Waals surface area contributed by atoms with Gasteiger partial charge in [0.15, 0.2) is 0 Å². The molecule has 0 fully saturated rings. The highest BCUT2D eigenvalue weighted by atomic mass is 32.2.